The van der Waals surface area contributed by atoms with E-state index in [4.69, 9.17) is 10.6 Å². The number of para-hydroxylation sites is 1. The van der Waals surface area contributed by atoms with Gasteiger partial charge in [0.05, 0.1) is 24.1 Å². The molecule has 4 rings (SSSR count). The van der Waals surface area contributed by atoms with Gasteiger partial charge in [-0.25, -0.2) is 4.68 Å². The van der Waals surface area contributed by atoms with Crippen LogP contribution in [0.3, 0.4) is 0 Å². The standard InChI is InChI=1S/C21H22N6O3S/c1-30-15-10-8-14(9-11-15)23-20(29)16-4-2-3-5-17(16)24-18(28)12-31-21-26-25-19(27(21)22)13-6-7-13/h2-5,8-11,13H,6-7,12,22H2,1H3,(H,23,29)(H,24,28). The van der Waals surface area contributed by atoms with E-state index in [0.29, 0.717) is 33.8 Å². The number of nitrogens with one attached hydrogen (secondary N) is 2. The van der Waals surface area contributed by atoms with Gasteiger partial charge in [-0.2, -0.15) is 0 Å². The summed E-state index contributed by atoms with van der Waals surface area (Å²) in [5.74, 6) is 7.33. The summed E-state index contributed by atoms with van der Waals surface area (Å²) in [6.07, 6.45) is 2.13. The summed E-state index contributed by atoms with van der Waals surface area (Å²) < 4.78 is 6.57. The third-order valence-corrected chi connectivity index (χ3v) is 5.70. The fourth-order valence-corrected chi connectivity index (χ4v) is 3.65. The van der Waals surface area contributed by atoms with Crippen molar-refractivity contribution in [3.8, 4) is 5.75 Å². The predicted molar refractivity (Wildman–Crippen MR) is 119 cm³/mol. The van der Waals surface area contributed by atoms with E-state index in [1.807, 2.05) is 0 Å². The Morgan fingerprint density at radius 1 is 1.13 bits per heavy atom. The molecule has 1 aliphatic rings. The van der Waals surface area contributed by atoms with Crippen molar-refractivity contribution in [1.29, 1.82) is 0 Å². The van der Waals surface area contributed by atoms with Gasteiger partial charge >= 0.3 is 0 Å². The number of nitrogens with zero attached hydrogens (tertiary/aromatic N) is 3. The smallest absolute Gasteiger partial charge is 0.257 e. The number of hydrogen-bond donors (Lipinski definition) is 3. The zero-order valence-corrected chi connectivity index (χ0v) is 17.7. The van der Waals surface area contributed by atoms with Crippen LogP contribution in [0.1, 0.15) is 34.9 Å². The molecule has 1 heterocycles. The molecule has 0 radical (unpaired) electrons. The molecule has 1 saturated carbocycles. The lowest BCUT2D eigenvalue weighted by atomic mass is 10.1. The molecule has 1 aliphatic carbocycles. The Labute approximate surface area is 183 Å². The summed E-state index contributed by atoms with van der Waals surface area (Å²) >= 11 is 1.20. The number of carbonyl (C=O) groups excluding carboxylic acids is 2. The van der Waals surface area contributed by atoms with Crippen molar-refractivity contribution >= 4 is 35.0 Å². The number of aromatic nitrogens is 3. The van der Waals surface area contributed by atoms with Crippen LogP contribution in [0.5, 0.6) is 5.75 Å². The second-order valence-corrected chi connectivity index (χ2v) is 7.99. The highest BCUT2D eigenvalue weighted by molar-refractivity contribution is 7.99. The Morgan fingerprint density at radius 2 is 1.87 bits per heavy atom. The molecule has 9 nitrogen and oxygen atoms in total. The van der Waals surface area contributed by atoms with Gasteiger partial charge in [0.2, 0.25) is 11.1 Å². The fourth-order valence-electron chi connectivity index (χ4n) is 2.99. The maximum absolute atomic E-state index is 12.7. The minimum Gasteiger partial charge on any atom is -0.497 e. The quantitative estimate of drug-likeness (QED) is 0.365. The van der Waals surface area contributed by atoms with Crippen LogP contribution >= 0.6 is 11.8 Å². The number of ether oxygens (including phenoxy) is 1. The number of nitrogen functional groups attached to an aromatic ring is 1. The Balaban J connectivity index is 1.38. The number of nitrogens with two attached hydrogens (primary N) is 1. The van der Waals surface area contributed by atoms with E-state index in [1.54, 1.807) is 55.6 Å². The van der Waals surface area contributed by atoms with Gasteiger partial charge in [-0.1, -0.05) is 23.9 Å². The topological polar surface area (TPSA) is 124 Å². The lowest BCUT2D eigenvalue weighted by Crippen LogP contribution is -2.20. The van der Waals surface area contributed by atoms with E-state index in [0.717, 1.165) is 18.7 Å². The molecule has 2 amide bonds. The van der Waals surface area contributed by atoms with Crippen LogP contribution in [0.25, 0.3) is 0 Å². The van der Waals surface area contributed by atoms with Crippen LogP contribution in [0.15, 0.2) is 53.7 Å². The third kappa shape index (κ3) is 4.97. The van der Waals surface area contributed by atoms with Crippen LogP contribution in [0.4, 0.5) is 11.4 Å². The number of amides is 2. The molecular weight excluding hydrogens is 416 g/mol. The van der Waals surface area contributed by atoms with Crippen molar-refractivity contribution in [3.05, 3.63) is 59.9 Å². The number of hydrogen-bond acceptors (Lipinski definition) is 7. The molecule has 0 aliphatic heterocycles. The van der Waals surface area contributed by atoms with E-state index in [1.165, 1.54) is 16.4 Å². The normalized spacial score (nSPS) is 12.9. The predicted octanol–water partition coefficient (Wildman–Crippen LogP) is 2.86. The maximum atomic E-state index is 12.7. The number of rotatable bonds is 8. The lowest BCUT2D eigenvalue weighted by Gasteiger charge is -2.12. The molecule has 2 aromatic carbocycles. The van der Waals surface area contributed by atoms with Gasteiger partial charge < -0.3 is 21.2 Å². The van der Waals surface area contributed by atoms with Crippen molar-refractivity contribution in [1.82, 2.24) is 14.9 Å². The highest BCUT2D eigenvalue weighted by atomic mass is 32.2. The fraction of sp³-hybridized carbons (Fsp3) is 0.238. The summed E-state index contributed by atoms with van der Waals surface area (Å²) in [7, 11) is 1.58. The number of benzene rings is 2. The van der Waals surface area contributed by atoms with Crippen molar-refractivity contribution in [2.24, 2.45) is 0 Å². The first-order valence-electron chi connectivity index (χ1n) is 9.72. The molecule has 0 bridgehead atoms. The van der Waals surface area contributed by atoms with Crippen LogP contribution in [0, 0.1) is 0 Å². The average Bonchev–Trinajstić information content (AvgIpc) is 3.56. The molecular formula is C21H22N6O3S. The maximum Gasteiger partial charge on any atom is 0.257 e. The monoisotopic (exact) mass is 438 g/mol. The van der Waals surface area contributed by atoms with Crippen LogP contribution in [0.2, 0.25) is 0 Å². The molecule has 4 N–H and O–H groups in total. The van der Waals surface area contributed by atoms with Gasteiger partial charge in [0.15, 0.2) is 5.82 Å². The summed E-state index contributed by atoms with van der Waals surface area (Å²) in [5, 5.41) is 14.3. The number of methoxy groups -OCH3 is 1. The second-order valence-electron chi connectivity index (χ2n) is 7.05. The van der Waals surface area contributed by atoms with Gasteiger partial charge in [-0.15, -0.1) is 10.2 Å². The van der Waals surface area contributed by atoms with E-state index in [-0.39, 0.29) is 17.6 Å². The highest BCUT2D eigenvalue weighted by Gasteiger charge is 2.30. The summed E-state index contributed by atoms with van der Waals surface area (Å²) in [5.41, 5.74) is 1.40. The number of carbonyl (C=O) groups is 2. The van der Waals surface area contributed by atoms with Gasteiger partial charge in [-0.05, 0) is 49.2 Å². The zero-order valence-electron chi connectivity index (χ0n) is 16.9. The van der Waals surface area contributed by atoms with Crippen LogP contribution in [-0.4, -0.2) is 39.6 Å². The van der Waals surface area contributed by atoms with E-state index in [9.17, 15) is 9.59 Å². The van der Waals surface area contributed by atoms with Crippen molar-refractivity contribution < 1.29 is 14.3 Å². The summed E-state index contributed by atoms with van der Waals surface area (Å²) in [4.78, 5) is 25.2. The van der Waals surface area contributed by atoms with Crippen molar-refractivity contribution in [2.75, 3.05) is 29.3 Å². The van der Waals surface area contributed by atoms with Crippen molar-refractivity contribution in [3.63, 3.8) is 0 Å². The molecule has 10 heteroatoms. The molecule has 0 unspecified atom stereocenters. The Hall–Kier alpha value is -3.53. The van der Waals surface area contributed by atoms with Crippen LogP contribution < -0.4 is 21.2 Å². The Bertz CT molecular complexity index is 1090. The first-order valence-corrected chi connectivity index (χ1v) is 10.7. The largest absolute Gasteiger partial charge is 0.497 e. The van der Waals surface area contributed by atoms with Gasteiger partial charge in [0, 0.05) is 11.6 Å². The third-order valence-electron chi connectivity index (χ3n) is 4.76. The molecule has 0 saturated heterocycles. The first kappa shape index (κ1) is 20.7. The molecule has 31 heavy (non-hydrogen) atoms. The average molecular weight is 439 g/mol. The SMILES string of the molecule is COc1ccc(NC(=O)c2ccccc2NC(=O)CSc2nnc(C3CC3)n2N)cc1. The lowest BCUT2D eigenvalue weighted by molar-refractivity contribution is -0.113. The molecule has 0 atom stereocenters. The molecule has 1 fully saturated rings. The van der Waals surface area contributed by atoms with Crippen molar-refractivity contribution in [2.45, 2.75) is 23.9 Å². The molecule has 3 aromatic rings. The highest BCUT2D eigenvalue weighted by Crippen LogP contribution is 2.39. The Morgan fingerprint density at radius 3 is 2.58 bits per heavy atom. The van der Waals surface area contributed by atoms with E-state index >= 15 is 0 Å². The first-order chi connectivity index (χ1) is 15.0. The van der Waals surface area contributed by atoms with E-state index < -0.39 is 0 Å². The molecule has 160 valence electrons. The van der Waals surface area contributed by atoms with Gasteiger partial charge in [-0.3, -0.25) is 9.59 Å². The molecule has 1 aromatic heterocycles. The minimum atomic E-state index is -0.329. The van der Waals surface area contributed by atoms with E-state index in [2.05, 4.69) is 20.8 Å². The van der Waals surface area contributed by atoms with Gasteiger partial charge in [0.1, 0.15) is 5.75 Å². The minimum absolute atomic E-state index is 0.0917. The number of thioether (sulfide) groups is 1. The number of anilines is 2. The van der Waals surface area contributed by atoms with Gasteiger partial charge in [0.25, 0.3) is 5.91 Å². The summed E-state index contributed by atoms with van der Waals surface area (Å²) in [6.45, 7) is 0. The summed E-state index contributed by atoms with van der Waals surface area (Å²) in [6, 6.07) is 13.8. The molecule has 0 spiro atoms. The second kappa shape index (κ2) is 9.09. The Kier molecular flexibility index (Phi) is 6.08. The van der Waals surface area contributed by atoms with Crippen LogP contribution in [-0.2, 0) is 4.79 Å². The zero-order chi connectivity index (χ0) is 21.8.